The van der Waals surface area contributed by atoms with Crippen molar-refractivity contribution in [3.63, 3.8) is 0 Å². The lowest BCUT2D eigenvalue weighted by Gasteiger charge is -2.31. The van der Waals surface area contributed by atoms with Crippen LogP contribution in [0.3, 0.4) is 0 Å². The highest BCUT2D eigenvalue weighted by Gasteiger charge is 2.32. The molecule has 0 N–H and O–H groups in total. The second kappa shape index (κ2) is 12.4. The molecule has 0 bridgehead atoms. The number of nitriles is 1. The van der Waals surface area contributed by atoms with Crippen molar-refractivity contribution < 1.29 is 0 Å². The van der Waals surface area contributed by atoms with Gasteiger partial charge in [0.05, 0.1) is 46.7 Å². The molecule has 9 aromatic rings. The van der Waals surface area contributed by atoms with Crippen molar-refractivity contribution in [1.29, 1.82) is 5.26 Å². The van der Waals surface area contributed by atoms with Crippen LogP contribution in [0, 0.1) is 29.7 Å². The van der Waals surface area contributed by atoms with E-state index in [1.807, 2.05) is 24.3 Å². The predicted octanol–water partition coefficient (Wildman–Crippen LogP) is 13.2. The van der Waals surface area contributed by atoms with Gasteiger partial charge in [-0.15, -0.1) is 0 Å². The summed E-state index contributed by atoms with van der Waals surface area (Å²) in [5.74, 6) is -0.132. The molecular formula is C51H35N5. The van der Waals surface area contributed by atoms with Crippen LogP contribution in [-0.2, 0) is 0 Å². The maximum Gasteiger partial charge on any atom is 0.188 e. The van der Waals surface area contributed by atoms with Gasteiger partial charge in [-0.2, -0.15) is 5.26 Å². The highest BCUT2D eigenvalue weighted by atomic mass is 15.0. The van der Waals surface area contributed by atoms with Gasteiger partial charge in [0.2, 0.25) is 0 Å². The first kappa shape index (κ1) is 32.1. The third kappa shape index (κ3) is 4.65. The normalized spacial score (nSPS) is 18.4. The van der Waals surface area contributed by atoms with Gasteiger partial charge in [-0.25, -0.2) is 4.85 Å². The second-order valence-corrected chi connectivity index (χ2v) is 15.2. The molecule has 0 saturated carbocycles. The van der Waals surface area contributed by atoms with Crippen LogP contribution in [-0.4, -0.2) is 13.7 Å². The lowest BCUT2D eigenvalue weighted by Crippen LogP contribution is -2.22. The molecule has 0 spiro atoms. The summed E-state index contributed by atoms with van der Waals surface area (Å²) >= 11 is 0. The quantitative estimate of drug-likeness (QED) is 0.167. The Labute approximate surface area is 324 Å². The topological polar surface area (TPSA) is 42.9 Å². The Hall–Kier alpha value is -7.34. The number of rotatable bonds is 4. The molecule has 5 nitrogen and oxygen atoms in total. The van der Waals surface area contributed by atoms with Gasteiger partial charge in [0.25, 0.3) is 0 Å². The van der Waals surface area contributed by atoms with Gasteiger partial charge < -0.3 is 13.7 Å². The zero-order valence-corrected chi connectivity index (χ0v) is 30.8. The van der Waals surface area contributed by atoms with E-state index in [-0.39, 0.29) is 12.0 Å². The molecular weight excluding hydrogens is 683 g/mol. The zero-order chi connectivity index (χ0) is 37.5. The Morgan fingerprint density at radius 3 is 1.88 bits per heavy atom. The van der Waals surface area contributed by atoms with E-state index in [0.29, 0.717) is 5.69 Å². The molecule has 3 unspecified atom stereocenters. The largest absolute Gasteiger partial charge is 0.332 e. The third-order valence-corrected chi connectivity index (χ3v) is 12.0. The SMILES string of the molecule is [C-]#[N+]c1ccc2c(c1)c1ccccc1n2C1C=CC=C(C2=CC(n3c4ccccc4c4cc(-n5c6ccccc6c6ccccc65)ccc43)=CC(C)C2)C1C#N. The Bertz CT molecular complexity index is 3290. The molecule has 2 aliphatic rings. The fourth-order valence-electron chi connectivity index (χ4n) is 9.64. The summed E-state index contributed by atoms with van der Waals surface area (Å²) in [5, 5.41) is 18.0. The van der Waals surface area contributed by atoms with Crippen molar-refractivity contribution in [2.75, 3.05) is 0 Å². The van der Waals surface area contributed by atoms with Crippen LogP contribution in [0.2, 0.25) is 0 Å². The van der Waals surface area contributed by atoms with E-state index in [1.54, 1.807) is 0 Å². The minimum Gasteiger partial charge on any atom is -0.332 e. The molecule has 3 aromatic heterocycles. The molecule has 0 amide bonds. The summed E-state index contributed by atoms with van der Waals surface area (Å²) in [7, 11) is 0. The summed E-state index contributed by atoms with van der Waals surface area (Å²) in [6.45, 7) is 9.92. The number of nitrogens with zero attached hydrogens (tertiary/aromatic N) is 5. The molecule has 6 aromatic carbocycles. The van der Waals surface area contributed by atoms with E-state index < -0.39 is 5.92 Å². The van der Waals surface area contributed by atoms with Gasteiger partial charge in [-0.1, -0.05) is 110 Å². The molecule has 5 heteroatoms. The van der Waals surface area contributed by atoms with E-state index in [1.165, 1.54) is 38.2 Å². The Morgan fingerprint density at radius 1 is 0.643 bits per heavy atom. The van der Waals surface area contributed by atoms with Crippen molar-refractivity contribution in [2.45, 2.75) is 19.4 Å². The van der Waals surface area contributed by atoms with E-state index in [0.717, 1.165) is 56.2 Å². The van der Waals surface area contributed by atoms with E-state index in [4.69, 9.17) is 6.57 Å². The average Bonchev–Trinajstić information content (AvgIpc) is 3.88. The van der Waals surface area contributed by atoms with Crippen molar-refractivity contribution >= 4 is 76.8 Å². The first-order chi connectivity index (χ1) is 27.6. The van der Waals surface area contributed by atoms with Crippen molar-refractivity contribution in [3.05, 3.63) is 186 Å². The zero-order valence-electron chi connectivity index (χ0n) is 30.8. The van der Waals surface area contributed by atoms with Gasteiger partial charge >= 0.3 is 0 Å². The summed E-state index contributed by atoms with van der Waals surface area (Å²) in [6.07, 6.45) is 12.0. The number of hydrogen-bond donors (Lipinski definition) is 0. The maximum atomic E-state index is 11.0. The Balaban J connectivity index is 1.04. The molecule has 3 heterocycles. The summed E-state index contributed by atoms with van der Waals surface area (Å²) < 4.78 is 7.11. The van der Waals surface area contributed by atoms with Gasteiger partial charge in [0, 0.05) is 49.3 Å². The average molecular weight is 718 g/mol. The molecule has 11 rings (SSSR count). The van der Waals surface area contributed by atoms with Crippen LogP contribution in [0.5, 0.6) is 0 Å². The number of fused-ring (bicyclic) bond motifs is 9. The van der Waals surface area contributed by atoms with Gasteiger partial charge in [-0.05, 0) is 89.5 Å². The number of hydrogen-bond acceptors (Lipinski definition) is 1. The van der Waals surface area contributed by atoms with Gasteiger partial charge in [0.15, 0.2) is 5.69 Å². The predicted molar refractivity (Wildman–Crippen MR) is 231 cm³/mol. The van der Waals surface area contributed by atoms with Crippen molar-refractivity contribution in [3.8, 4) is 11.8 Å². The van der Waals surface area contributed by atoms with E-state index in [9.17, 15) is 5.26 Å². The summed E-state index contributed by atoms with van der Waals surface area (Å²) in [4.78, 5) is 3.71. The minimum atomic E-state index is -0.399. The van der Waals surface area contributed by atoms with Crippen LogP contribution in [0.1, 0.15) is 19.4 Å². The molecule has 0 saturated heterocycles. The van der Waals surface area contributed by atoms with Crippen LogP contribution < -0.4 is 0 Å². The number of allylic oxidation sites excluding steroid dienone is 8. The molecule has 56 heavy (non-hydrogen) atoms. The van der Waals surface area contributed by atoms with Crippen molar-refractivity contribution in [1.82, 2.24) is 13.7 Å². The second-order valence-electron chi connectivity index (χ2n) is 15.2. The Kier molecular flexibility index (Phi) is 7.08. The maximum absolute atomic E-state index is 11.0. The fourth-order valence-corrected chi connectivity index (χ4v) is 9.64. The number of benzene rings is 6. The smallest absolute Gasteiger partial charge is 0.188 e. The van der Waals surface area contributed by atoms with Crippen LogP contribution in [0.4, 0.5) is 5.69 Å². The number of para-hydroxylation sites is 4. The van der Waals surface area contributed by atoms with E-state index in [2.05, 4.69) is 171 Å². The molecule has 0 radical (unpaired) electrons. The van der Waals surface area contributed by atoms with E-state index >= 15 is 0 Å². The molecule has 0 aliphatic heterocycles. The Morgan fingerprint density at radius 2 is 1.20 bits per heavy atom. The minimum absolute atomic E-state index is 0.209. The summed E-state index contributed by atoms with van der Waals surface area (Å²) in [6, 6.07) is 49.7. The molecule has 2 aliphatic carbocycles. The lowest BCUT2D eigenvalue weighted by molar-refractivity contribution is 0.534. The monoisotopic (exact) mass is 717 g/mol. The third-order valence-electron chi connectivity index (χ3n) is 12.0. The molecule has 264 valence electrons. The lowest BCUT2D eigenvalue weighted by atomic mass is 9.79. The first-order valence-corrected chi connectivity index (χ1v) is 19.2. The van der Waals surface area contributed by atoms with Crippen LogP contribution in [0.25, 0.3) is 81.6 Å². The highest BCUT2D eigenvalue weighted by molar-refractivity contribution is 6.13. The van der Waals surface area contributed by atoms with Crippen molar-refractivity contribution in [2.24, 2.45) is 11.8 Å². The molecule has 3 atom stereocenters. The van der Waals surface area contributed by atoms with Crippen LogP contribution in [0.15, 0.2) is 175 Å². The fraction of sp³-hybridized carbons (Fsp3) is 0.0980. The van der Waals surface area contributed by atoms with Gasteiger partial charge in [-0.3, -0.25) is 0 Å². The van der Waals surface area contributed by atoms with Crippen LogP contribution >= 0.6 is 0 Å². The first-order valence-electron chi connectivity index (χ1n) is 19.2. The summed E-state index contributed by atoms with van der Waals surface area (Å²) in [5.41, 5.74) is 12.0. The molecule has 0 fully saturated rings. The standard InChI is InChI=1S/C51H35N5/c1-32-26-33(37-16-11-21-49(44(37)31-52)56-48-20-10-6-14-40(48)42-29-34(53-2)22-24-51(42)56)28-36(27-32)55-47-19-9-5-15-41(47)43-30-35(23-25-50(43)55)54-45-17-7-3-12-38(45)39-13-4-8-18-46(39)54/h3-25,27-30,32,44,49H,26H2,1H3. The van der Waals surface area contributed by atoms with Gasteiger partial charge in [0.1, 0.15) is 0 Å². The number of aromatic nitrogens is 3. The highest BCUT2D eigenvalue weighted by Crippen LogP contribution is 2.45.